The Balaban J connectivity index is 2.25. The number of nitrogens with zero attached hydrogens (tertiary/aromatic N) is 1. The molecule has 2 heterocycles. The average molecular weight is 123 g/mol. The van der Waals surface area contributed by atoms with Gasteiger partial charge in [0.05, 0.1) is 0 Å². The highest BCUT2D eigenvalue weighted by molar-refractivity contribution is 5.85. The number of hydrogen-bond acceptors (Lipinski definition) is 1. The molecule has 2 aliphatic heterocycles. The molecule has 1 fully saturated rings. The lowest BCUT2D eigenvalue weighted by atomic mass is 9.80. The third-order valence-electron chi connectivity index (χ3n) is 2.67. The first-order valence-electron chi connectivity index (χ1n) is 3.90. The summed E-state index contributed by atoms with van der Waals surface area (Å²) in [5.41, 5.74) is 1.43. The third-order valence-corrected chi connectivity index (χ3v) is 2.67. The van der Waals surface area contributed by atoms with E-state index >= 15 is 0 Å². The summed E-state index contributed by atoms with van der Waals surface area (Å²) in [7, 11) is 0. The molecule has 0 aromatic rings. The van der Waals surface area contributed by atoms with Crippen molar-refractivity contribution >= 4 is 5.71 Å². The first-order chi connectivity index (χ1) is 4.36. The molecule has 0 atom stereocenters. The Morgan fingerprint density at radius 2 is 1.89 bits per heavy atom. The van der Waals surface area contributed by atoms with E-state index in [1.54, 1.807) is 0 Å². The van der Waals surface area contributed by atoms with Crippen LogP contribution in [0.1, 0.15) is 32.6 Å². The Hall–Kier alpha value is -0.330. The summed E-state index contributed by atoms with van der Waals surface area (Å²) in [6, 6.07) is 0.718. The van der Waals surface area contributed by atoms with Gasteiger partial charge in [0.25, 0.3) is 0 Å². The fourth-order valence-corrected chi connectivity index (χ4v) is 2.02. The highest BCUT2D eigenvalue weighted by atomic mass is 14.8. The predicted octanol–water partition coefficient (Wildman–Crippen LogP) is 2.02. The number of aliphatic imine (C=N–C) groups is 1. The van der Waals surface area contributed by atoms with E-state index in [-0.39, 0.29) is 0 Å². The first kappa shape index (κ1) is 5.45. The summed E-state index contributed by atoms with van der Waals surface area (Å²) >= 11 is 0. The van der Waals surface area contributed by atoms with Gasteiger partial charge in [0.15, 0.2) is 0 Å². The predicted molar refractivity (Wildman–Crippen MR) is 38.9 cm³/mol. The van der Waals surface area contributed by atoms with E-state index in [2.05, 4.69) is 11.9 Å². The van der Waals surface area contributed by atoms with Crippen molar-refractivity contribution in [3.05, 3.63) is 0 Å². The van der Waals surface area contributed by atoms with E-state index in [0.29, 0.717) is 0 Å². The normalized spacial score (nSPS) is 40.8. The van der Waals surface area contributed by atoms with Gasteiger partial charge in [-0.15, -0.1) is 0 Å². The monoisotopic (exact) mass is 123 g/mol. The Morgan fingerprint density at radius 1 is 1.22 bits per heavy atom. The van der Waals surface area contributed by atoms with Gasteiger partial charge in [-0.3, -0.25) is 4.99 Å². The highest BCUT2D eigenvalue weighted by Gasteiger charge is 2.27. The van der Waals surface area contributed by atoms with Crippen LogP contribution < -0.4 is 0 Å². The molecule has 2 bridgehead atoms. The van der Waals surface area contributed by atoms with Gasteiger partial charge in [-0.1, -0.05) is 0 Å². The fourth-order valence-electron chi connectivity index (χ4n) is 2.02. The molecule has 0 unspecified atom stereocenters. The van der Waals surface area contributed by atoms with Crippen LogP contribution in [0.3, 0.4) is 0 Å². The molecule has 0 spiro atoms. The van der Waals surface area contributed by atoms with Crippen molar-refractivity contribution in [2.24, 2.45) is 10.9 Å². The molecule has 1 aliphatic carbocycles. The maximum atomic E-state index is 4.57. The van der Waals surface area contributed by atoms with Crippen LogP contribution in [0.25, 0.3) is 0 Å². The minimum atomic E-state index is 0.718. The minimum Gasteiger partial charge on any atom is -0.291 e. The van der Waals surface area contributed by atoms with E-state index in [0.717, 1.165) is 12.0 Å². The van der Waals surface area contributed by atoms with Gasteiger partial charge in [0, 0.05) is 11.8 Å². The third kappa shape index (κ3) is 0.790. The molecule has 1 saturated carbocycles. The van der Waals surface area contributed by atoms with Crippen molar-refractivity contribution in [2.45, 2.75) is 38.6 Å². The zero-order valence-corrected chi connectivity index (χ0v) is 5.93. The van der Waals surface area contributed by atoms with E-state index in [4.69, 9.17) is 0 Å². The van der Waals surface area contributed by atoms with Crippen molar-refractivity contribution in [3.63, 3.8) is 0 Å². The lowest BCUT2D eigenvalue weighted by Crippen LogP contribution is -2.29. The van der Waals surface area contributed by atoms with E-state index < -0.39 is 0 Å². The molecule has 1 nitrogen and oxygen atoms in total. The average Bonchev–Trinajstić information content (AvgIpc) is 1.90. The maximum Gasteiger partial charge on any atom is 0.0499 e. The molecule has 0 aromatic carbocycles. The molecule has 3 aliphatic rings. The van der Waals surface area contributed by atoms with Crippen molar-refractivity contribution < 1.29 is 0 Å². The van der Waals surface area contributed by atoms with Crippen LogP contribution in [-0.2, 0) is 0 Å². The molecule has 0 radical (unpaired) electrons. The van der Waals surface area contributed by atoms with E-state index in [1.165, 1.54) is 31.4 Å². The zero-order valence-electron chi connectivity index (χ0n) is 5.93. The fraction of sp³-hybridized carbons (Fsp3) is 0.875. The second kappa shape index (κ2) is 1.83. The smallest absolute Gasteiger partial charge is 0.0499 e. The first-order valence-corrected chi connectivity index (χ1v) is 3.90. The van der Waals surface area contributed by atoms with Gasteiger partial charge in [0.1, 0.15) is 0 Å². The van der Waals surface area contributed by atoms with Gasteiger partial charge >= 0.3 is 0 Å². The van der Waals surface area contributed by atoms with Crippen LogP contribution in [0.2, 0.25) is 0 Å². The number of fused-ring (bicyclic) bond motifs is 2. The molecule has 0 N–H and O–H groups in total. The van der Waals surface area contributed by atoms with Gasteiger partial charge < -0.3 is 0 Å². The van der Waals surface area contributed by atoms with Crippen LogP contribution in [-0.4, -0.2) is 11.8 Å². The van der Waals surface area contributed by atoms with Gasteiger partial charge in [-0.05, 0) is 38.5 Å². The lowest BCUT2D eigenvalue weighted by Gasteiger charge is -2.32. The molecule has 0 saturated heterocycles. The highest BCUT2D eigenvalue weighted by Crippen LogP contribution is 2.32. The standard InChI is InChI=1S/C8H13N/c1-6-7-2-4-8(9-6)5-3-7/h7-8H,2-5H2,1H3. The topological polar surface area (TPSA) is 12.4 Å². The summed E-state index contributed by atoms with van der Waals surface area (Å²) in [5.74, 6) is 0.870. The summed E-state index contributed by atoms with van der Waals surface area (Å²) in [5, 5.41) is 0. The number of hydrogen-bond donors (Lipinski definition) is 0. The molecular weight excluding hydrogens is 110 g/mol. The molecule has 0 amide bonds. The number of rotatable bonds is 0. The second-order valence-electron chi connectivity index (χ2n) is 3.28. The zero-order chi connectivity index (χ0) is 6.27. The van der Waals surface area contributed by atoms with Gasteiger partial charge in [-0.2, -0.15) is 0 Å². The van der Waals surface area contributed by atoms with Crippen LogP contribution >= 0.6 is 0 Å². The Bertz CT molecular complexity index is 141. The van der Waals surface area contributed by atoms with Crippen molar-refractivity contribution in [1.82, 2.24) is 0 Å². The van der Waals surface area contributed by atoms with E-state index in [1.807, 2.05) is 0 Å². The van der Waals surface area contributed by atoms with Crippen LogP contribution in [0.5, 0.6) is 0 Å². The summed E-state index contributed by atoms with van der Waals surface area (Å²) in [6.07, 6.45) is 5.56. The van der Waals surface area contributed by atoms with E-state index in [9.17, 15) is 0 Å². The van der Waals surface area contributed by atoms with Crippen LogP contribution in [0.15, 0.2) is 4.99 Å². The summed E-state index contributed by atoms with van der Waals surface area (Å²) in [6.45, 7) is 2.19. The summed E-state index contributed by atoms with van der Waals surface area (Å²) < 4.78 is 0. The molecule has 3 rings (SSSR count). The van der Waals surface area contributed by atoms with Crippen LogP contribution in [0.4, 0.5) is 0 Å². The Labute approximate surface area is 56.2 Å². The summed E-state index contributed by atoms with van der Waals surface area (Å²) in [4.78, 5) is 4.57. The lowest BCUT2D eigenvalue weighted by molar-refractivity contribution is 0.362. The molecule has 9 heavy (non-hydrogen) atoms. The van der Waals surface area contributed by atoms with Crippen molar-refractivity contribution in [2.75, 3.05) is 0 Å². The Morgan fingerprint density at radius 3 is 2.11 bits per heavy atom. The Kier molecular flexibility index (Phi) is 1.11. The molecule has 0 aromatic heterocycles. The van der Waals surface area contributed by atoms with Crippen molar-refractivity contribution in [1.29, 1.82) is 0 Å². The molecule has 50 valence electrons. The largest absolute Gasteiger partial charge is 0.291 e. The minimum absolute atomic E-state index is 0.718. The molecule has 1 heteroatoms. The van der Waals surface area contributed by atoms with Gasteiger partial charge in [0.2, 0.25) is 0 Å². The maximum absolute atomic E-state index is 4.57. The second-order valence-corrected chi connectivity index (χ2v) is 3.28. The van der Waals surface area contributed by atoms with Crippen molar-refractivity contribution in [3.8, 4) is 0 Å². The van der Waals surface area contributed by atoms with Crippen LogP contribution in [0, 0.1) is 5.92 Å². The molecular formula is C8H13N. The quantitative estimate of drug-likeness (QED) is 0.467. The van der Waals surface area contributed by atoms with Gasteiger partial charge in [-0.25, -0.2) is 0 Å². The SMILES string of the molecule is CC1=NC2CCC1CC2.